The Bertz CT molecular complexity index is 433. The van der Waals surface area contributed by atoms with E-state index < -0.39 is 0 Å². The third kappa shape index (κ3) is 5.57. The van der Waals surface area contributed by atoms with Gasteiger partial charge in [-0.1, -0.05) is 26.7 Å². The molecule has 0 bridgehead atoms. The molecule has 1 fully saturated rings. The van der Waals surface area contributed by atoms with Crippen LogP contribution < -0.4 is 10.1 Å². The van der Waals surface area contributed by atoms with Crippen LogP contribution in [0.25, 0.3) is 0 Å². The Morgan fingerprint density at radius 3 is 2.38 bits per heavy atom. The topological polar surface area (TPSA) is 21.3 Å². The molecule has 2 rings (SSSR count). The third-order valence-corrected chi connectivity index (χ3v) is 5.06. The highest BCUT2D eigenvalue weighted by molar-refractivity contribution is 9.11. The van der Waals surface area contributed by atoms with E-state index in [-0.39, 0.29) is 0 Å². The van der Waals surface area contributed by atoms with Gasteiger partial charge in [-0.25, -0.2) is 0 Å². The molecule has 0 heterocycles. The number of ether oxygens (including phenoxy) is 1. The molecule has 118 valence electrons. The second kappa shape index (κ2) is 8.54. The zero-order valence-corrected chi connectivity index (χ0v) is 16.1. The van der Waals surface area contributed by atoms with Crippen molar-refractivity contribution in [2.75, 3.05) is 13.2 Å². The lowest BCUT2D eigenvalue weighted by atomic mass is 10.1. The Morgan fingerprint density at radius 2 is 1.81 bits per heavy atom. The van der Waals surface area contributed by atoms with Crippen LogP contribution in [0, 0.1) is 11.8 Å². The summed E-state index contributed by atoms with van der Waals surface area (Å²) in [5, 5.41) is 3.47. The molecule has 0 atom stereocenters. The average molecular weight is 419 g/mol. The fraction of sp³-hybridized carbons (Fsp3) is 0.647. The second-order valence-corrected chi connectivity index (χ2v) is 8.08. The van der Waals surface area contributed by atoms with Crippen LogP contribution in [0.4, 0.5) is 0 Å². The van der Waals surface area contributed by atoms with Crippen LogP contribution >= 0.6 is 31.9 Å². The molecule has 21 heavy (non-hydrogen) atoms. The summed E-state index contributed by atoms with van der Waals surface area (Å²) in [4.78, 5) is 0. The minimum atomic E-state index is 0.672. The lowest BCUT2D eigenvalue weighted by Crippen LogP contribution is -2.19. The lowest BCUT2D eigenvalue weighted by molar-refractivity contribution is 0.249. The van der Waals surface area contributed by atoms with Gasteiger partial charge in [0.1, 0.15) is 5.75 Å². The molecule has 0 amide bonds. The molecular formula is C17H25Br2NO. The fourth-order valence-electron chi connectivity index (χ4n) is 2.74. The van der Waals surface area contributed by atoms with E-state index in [1.165, 1.54) is 31.2 Å². The molecule has 0 aliphatic heterocycles. The molecule has 0 unspecified atom stereocenters. The van der Waals surface area contributed by atoms with E-state index in [1.807, 2.05) is 0 Å². The van der Waals surface area contributed by atoms with E-state index in [2.05, 4.69) is 63.2 Å². The largest absolute Gasteiger partial charge is 0.491 e. The molecule has 0 radical (unpaired) electrons. The fourth-order valence-corrected chi connectivity index (χ4v) is 4.25. The van der Waals surface area contributed by atoms with Gasteiger partial charge in [-0.2, -0.15) is 0 Å². The van der Waals surface area contributed by atoms with Gasteiger partial charge >= 0.3 is 0 Å². The zero-order chi connectivity index (χ0) is 15.2. The Balaban J connectivity index is 1.92. The number of nitrogens with one attached hydrogen (secondary N) is 1. The zero-order valence-electron chi connectivity index (χ0n) is 12.9. The molecule has 1 aliphatic rings. The first-order valence-corrected chi connectivity index (χ1v) is 9.46. The molecule has 0 saturated heterocycles. The van der Waals surface area contributed by atoms with Gasteiger partial charge in [-0.05, 0) is 80.8 Å². The number of benzene rings is 1. The summed E-state index contributed by atoms with van der Waals surface area (Å²) in [5.74, 6) is 2.34. The maximum atomic E-state index is 6.04. The molecular weight excluding hydrogens is 394 g/mol. The van der Waals surface area contributed by atoms with Crippen LogP contribution in [0.3, 0.4) is 0 Å². The lowest BCUT2D eigenvalue weighted by Gasteiger charge is -2.15. The summed E-state index contributed by atoms with van der Waals surface area (Å²) in [6.45, 7) is 7.20. The first-order valence-electron chi connectivity index (χ1n) is 7.87. The van der Waals surface area contributed by atoms with E-state index in [4.69, 9.17) is 4.74 Å². The Hall–Kier alpha value is -0.0600. The summed E-state index contributed by atoms with van der Waals surface area (Å²) < 4.78 is 8.11. The van der Waals surface area contributed by atoms with Gasteiger partial charge in [-0.15, -0.1) is 0 Å². The normalized spacial score (nSPS) is 15.9. The standard InChI is InChI=1S/C17H25Br2NO/c1-12(2)9-20-10-14-7-15(18)17(16(19)8-14)21-11-13-5-3-4-6-13/h7-8,12-13,20H,3-6,9-11H2,1-2H3. The first kappa shape index (κ1) is 17.3. The predicted octanol–water partition coefficient (Wildman–Crippen LogP) is 5.53. The van der Waals surface area contributed by atoms with Crippen molar-refractivity contribution in [2.45, 2.75) is 46.1 Å². The van der Waals surface area contributed by atoms with Crippen molar-refractivity contribution in [3.63, 3.8) is 0 Å². The highest BCUT2D eigenvalue weighted by atomic mass is 79.9. The van der Waals surface area contributed by atoms with Crippen molar-refractivity contribution in [3.05, 3.63) is 26.6 Å². The van der Waals surface area contributed by atoms with Gasteiger partial charge < -0.3 is 10.1 Å². The monoisotopic (exact) mass is 417 g/mol. The highest BCUT2D eigenvalue weighted by Gasteiger charge is 2.17. The van der Waals surface area contributed by atoms with E-state index >= 15 is 0 Å². The minimum absolute atomic E-state index is 0.672. The summed E-state index contributed by atoms with van der Waals surface area (Å²) >= 11 is 7.29. The molecule has 0 spiro atoms. The molecule has 1 aromatic carbocycles. The van der Waals surface area contributed by atoms with Crippen LogP contribution in [0.15, 0.2) is 21.1 Å². The molecule has 1 aromatic rings. The quantitative estimate of drug-likeness (QED) is 0.628. The van der Waals surface area contributed by atoms with Gasteiger partial charge in [0.15, 0.2) is 0 Å². The van der Waals surface area contributed by atoms with Gasteiger partial charge in [0.2, 0.25) is 0 Å². The summed E-state index contributed by atoms with van der Waals surface area (Å²) in [6, 6.07) is 4.31. The van der Waals surface area contributed by atoms with E-state index in [9.17, 15) is 0 Å². The van der Waals surface area contributed by atoms with Crippen LogP contribution in [-0.4, -0.2) is 13.2 Å². The predicted molar refractivity (Wildman–Crippen MR) is 95.8 cm³/mol. The van der Waals surface area contributed by atoms with Gasteiger partial charge in [0, 0.05) is 6.54 Å². The van der Waals surface area contributed by atoms with E-state index in [0.29, 0.717) is 5.92 Å². The molecule has 0 aromatic heterocycles. The Labute approximate surface area is 145 Å². The van der Waals surface area contributed by atoms with Crippen molar-refractivity contribution in [2.24, 2.45) is 11.8 Å². The number of halogens is 2. The van der Waals surface area contributed by atoms with Crippen molar-refractivity contribution < 1.29 is 4.74 Å². The van der Waals surface area contributed by atoms with Gasteiger partial charge in [0.25, 0.3) is 0 Å². The maximum Gasteiger partial charge on any atom is 0.147 e. The molecule has 2 nitrogen and oxygen atoms in total. The van der Waals surface area contributed by atoms with Crippen LogP contribution in [0.5, 0.6) is 5.75 Å². The minimum Gasteiger partial charge on any atom is -0.491 e. The van der Waals surface area contributed by atoms with Gasteiger partial charge in [-0.3, -0.25) is 0 Å². The highest BCUT2D eigenvalue weighted by Crippen LogP contribution is 2.36. The maximum absolute atomic E-state index is 6.04. The van der Waals surface area contributed by atoms with E-state index in [0.717, 1.165) is 40.3 Å². The number of hydrogen-bond acceptors (Lipinski definition) is 2. The summed E-state index contributed by atoms with van der Waals surface area (Å²) in [7, 11) is 0. The SMILES string of the molecule is CC(C)CNCc1cc(Br)c(OCC2CCCC2)c(Br)c1. The molecule has 4 heteroatoms. The first-order chi connectivity index (χ1) is 10.1. The van der Waals surface area contributed by atoms with E-state index in [1.54, 1.807) is 0 Å². The molecule has 1 N–H and O–H groups in total. The summed E-state index contributed by atoms with van der Waals surface area (Å²) in [5.41, 5.74) is 1.27. The number of hydrogen-bond donors (Lipinski definition) is 1. The smallest absolute Gasteiger partial charge is 0.147 e. The average Bonchev–Trinajstić information content (AvgIpc) is 2.90. The summed E-state index contributed by atoms with van der Waals surface area (Å²) in [6.07, 6.45) is 5.34. The van der Waals surface area contributed by atoms with Crippen molar-refractivity contribution in [1.82, 2.24) is 5.32 Å². The molecule has 1 aliphatic carbocycles. The third-order valence-electron chi connectivity index (χ3n) is 3.88. The van der Waals surface area contributed by atoms with Crippen molar-refractivity contribution >= 4 is 31.9 Å². The van der Waals surface area contributed by atoms with Crippen molar-refractivity contribution in [3.8, 4) is 5.75 Å². The Kier molecular flexibility index (Phi) is 7.03. The molecule has 1 saturated carbocycles. The van der Waals surface area contributed by atoms with Gasteiger partial charge in [0.05, 0.1) is 15.6 Å². The van der Waals surface area contributed by atoms with Crippen molar-refractivity contribution in [1.29, 1.82) is 0 Å². The van der Waals surface area contributed by atoms with Crippen LogP contribution in [0.2, 0.25) is 0 Å². The van der Waals surface area contributed by atoms with Crippen LogP contribution in [0.1, 0.15) is 45.1 Å². The number of rotatable bonds is 7. The second-order valence-electron chi connectivity index (χ2n) is 6.37. The van der Waals surface area contributed by atoms with Crippen LogP contribution in [-0.2, 0) is 6.54 Å². The Morgan fingerprint density at radius 1 is 1.19 bits per heavy atom.